The van der Waals surface area contributed by atoms with E-state index in [1.54, 1.807) is 0 Å². The van der Waals surface area contributed by atoms with Crippen LogP contribution in [0.5, 0.6) is 5.75 Å². The topological polar surface area (TPSA) is 32.8 Å². The van der Waals surface area contributed by atoms with Crippen molar-refractivity contribution in [2.24, 2.45) is 5.92 Å². The lowest BCUT2D eigenvalue weighted by atomic mass is 9.84. The maximum absolute atomic E-state index is 12.3. The number of hydrogen-bond donors (Lipinski definition) is 0. The third kappa shape index (κ3) is 4.25. The molecule has 4 nitrogen and oxygen atoms in total. The van der Waals surface area contributed by atoms with E-state index in [4.69, 9.17) is 4.74 Å². The van der Waals surface area contributed by atoms with Gasteiger partial charge < -0.3 is 9.64 Å². The Morgan fingerprint density at radius 3 is 2.48 bits per heavy atom. The molecule has 1 saturated heterocycles. The first-order valence-electron chi connectivity index (χ1n) is 8.94. The first kappa shape index (κ1) is 16.3. The summed E-state index contributed by atoms with van der Waals surface area (Å²) in [5.41, 5.74) is 0. The van der Waals surface area contributed by atoms with E-state index >= 15 is 0 Å². The molecule has 0 radical (unpaired) electrons. The van der Waals surface area contributed by atoms with Crippen LogP contribution in [0.25, 0.3) is 0 Å². The van der Waals surface area contributed by atoms with E-state index in [0.717, 1.165) is 43.9 Å². The molecule has 1 heterocycles. The standard InChI is InChI=1S/C19H28N2O2/c1-16-7-5-6-10-18(16)20-11-13-21(14-12-20)19(22)15-23-17-8-3-2-4-9-17/h2-4,8-9,16,18H,5-7,10-15H2,1H3/t16-,18-/m1/s1. The molecule has 2 atom stereocenters. The van der Waals surface area contributed by atoms with Crippen molar-refractivity contribution in [1.29, 1.82) is 0 Å². The molecule has 1 amide bonds. The van der Waals surface area contributed by atoms with E-state index in [-0.39, 0.29) is 12.5 Å². The van der Waals surface area contributed by atoms with Gasteiger partial charge in [0.15, 0.2) is 6.61 Å². The largest absolute Gasteiger partial charge is 0.484 e. The normalized spacial score (nSPS) is 26.0. The Labute approximate surface area is 139 Å². The van der Waals surface area contributed by atoms with Crippen molar-refractivity contribution in [2.45, 2.75) is 38.6 Å². The van der Waals surface area contributed by atoms with Crippen molar-refractivity contribution < 1.29 is 9.53 Å². The van der Waals surface area contributed by atoms with Gasteiger partial charge >= 0.3 is 0 Å². The minimum atomic E-state index is 0.102. The van der Waals surface area contributed by atoms with Crippen molar-refractivity contribution in [1.82, 2.24) is 9.80 Å². The number of benzene rings is 1. The molecule has 0 aromatic heterocycles. The van der Waals surface area contributed by atoms with Gasteiger partial charge in [-0.25, -0.2) is 0 Å². The zero-order valence-electron chi connectivity index (χ0n) is 14.1. The molecule has 0 N–H and O–H groups in total. The molecular weight excluding hydrogens is 288 g/mol. The smallest absolute Gasteiger partial charge is 0.260 e. The molecule has 23 heavy (non-hydrogen) atoms. The van der Waals surface area contributed by atoms with Gasteiger partial charge in [0.2, 0.25) is 0 Å². The molecule has 3 rings (SSSR count). The summed E-state index contributed by atoms with van der Waals surface area (Å²) in [7, 11) is 0. The van der Waals surface area contributed by atoms with E-state index in [1.165, 1.54) is 25.7 Å². The number of carbonyl (C=O) groups is 1. The van der Waals surface area contributed by atoms with Crippen LogP contribution in [0.1, 0.15) is 32.6 Å². The molecule has 4 heteroatoms. The Bertz CT molecular complexity index is 497. The van der Waals surface area contributed by atoms with Crippen LogP contribution in [0.2, 0.25) is 0 Å². The highest BCUT2D eigenvalue weighted by Gasteiger charge is 2.30. The average Bonchev–Trinajstić information content (AvgIpc) is 2.61. The minimum absolute atomic E-state index is 0.102. The van der Waals surface area contributed by atoms with Gasteiger partial charge in [-0.15, -0.1) is 0 Å². The van der Waals surface area contributed by atoms with Crippen molar-refractivity contribution >= 4 is 5.91 Å². The monoisotopic (exact) mass is 316 g/mol. The molecule has 0 spiro atoms. The van der Waals surface area contributed by atoms with Crippen LogP contribution < -0.4 is 4.74 Å². The first-order chi connectivity index (χ1) is 11.2. The van der Waals surface area contributed by atoms with E-state index in [0.29, 0.717) is 0 Å². The summed E-state index contributed by atoms with van der Waals surface area (Å²) < 4.78 is 5.58. The lowest BCUT2D eigenvalue weighted by molar-refractivity contribution is -0.135. The molecule has 1 aliphatic carbocycles. The number of para-hydroxylation sites is 1. The summed E-state index contributed by atoms with van der Waals surface area (Å²) >= 11 is 0. The van der Waals surface area contributed by atoms with Gasteiger partial charge in [0.1, 0.15) is 5.75 Å². The molecule has 126 valence electrons. The number of ether oxygens (including phenoxy) is 1. The average molecular weight is 316 g/mol. The van der Waals surface area contributed by atoms with E-state index in [2.05, 4.69) is 11.8 Å². The summed E-state index contributed by atoms with van der Waals surface area (Å²) in [6.07, 6.45) is 5.42. The van der Waals surface area contributed by atoms with Gasteiger partial charge in [-0.1, -0.05) is 38.0 Å². The Hall–Kier alpha value is -1.55. The zero-order valence-corrected chi connectivity index (χ0v) is 14.1. The van der Waals surface area contributed by atoms with Crippen LogP contribution >= 0.6 is 0 Å². The molecule has 1 saturated carbocycles. The fourth-order valence-electron chi connectivity index (χ4n) is 3.90. The highest BCUT2D eigenvalue weighted by molar-refractivity contribution is 5.77. The number of rotatable bonds is 4. The lowest BCUT2D eigenvalue weighted by Crippen LogP contribution is -2.54. The number of amides is 1. The van der Waals surface area contributed by atoms with Crippen molar-refractivity contribution in [3.8, 4) is 5.75 Å². The van der Waals surface area contributed by atoms with Gasteiger partial charge in [0.25, 0.3) is 5.91 Å². The Morgan fingerprint density at radius 1 is 1.09 bits per heavy atom. The molecule has 1 aliphatic heterocycles. The number of piperazine rings is 1. The van der Waals surface area contributed by atoms with Crippen LogP contribution in [0.4, 0.5) is 0 Å². The maximum Gasteiger partial charge on any atom is 0.260 e. The number of carbonyl (C=O) groups excluding carboxylic acids is 1. The second-order valence-corrected chi connectivity index (χ2v) is 6.85. The second kappa shape index (κ2) is 7.82. The highest BCUT2D eigenvalue weighted by Crippen LogP contribution is 2.28. The Balaban J connectivity index is 1.44. The Kier molecular flexibility index (Phi) is 5.55. The molecule has 0 bridgehead atoms. The summed E-state index contributed by atoms with van der Waals surface area (Å²) in [4.78, 5) is 16.9. The molecule has 1 aromatic rings. The Morgan fingerprint density at radius 2 is 1.78 bits per heavy atom. The van der Waals surface area contributed by atoms with E-state index in [9.17, 15) is 4.79 Å². The maximum atomic E-state index is 12.3. The van der Waals surface area contributed by atoms with Crippen molar-refractivity contribution in [2.75, 3.05) is 32.8 Å². The van der Waals surface area contributed by atoms with Crippen molar-refractivity contribution in [3.63, 3.8) is 0 Å². The summed E-state index contributed by atoms with van der Waals surface area (Å²) in [5.74, 6) is 1.66. The van der Waals surface area contributed by atoms with Crippen LogP contribution in [-0.4, -0.2) is 54.5 Å². The fourth-order valence-corrected chi connectivity index (χ4v) is 3.90. The molecule has 1 aromatic carbocycles. The van der Waals surface area contributed by atoms with Crippen LogP contribution in [0.3, 0.4) is 0 Å². The van der Waals surface area contributed by atoms with Gasteiger partial charge in [-0.2, -0.15) is 0 Å². The second-order valence-electron chi connectivity index (χ2n) is 6.85. The predicted molar refractivity (Wildman–Crippen MR) is 91.5 cm³/mol. The van der Waals surface area contributed by atoms with Gasteiger partial charge in [-0.3, -0.25) is 9.69 Å². The third-order valence-electron chi connectivity index (χ3n) is 5.31. The van der Waals surface area contributed by atoms with Gasteiger partial charge in [0, 0.05) is 32.2 Å². The van der Waals surface area contributed by atoms with Crippen LogP contribution in [0.15, 0.2) is 30.3 Å². The summed E-state index contributed by atoms with van der Waals surface area (Å²) in [6, 6.07) is 10.3. The molecule has 0 unspecified atom stereocenters. The summed E-state index contributed by atoms with van der Waals surface area (Å²) in [6.45, 7) is 6.21. The van der Waals surface area contributed by atoms with E-state index < -0.39 is 0 Å². The number of nitrogens with zero attached hydrogens (tertiary/aromatic N) is 2. The minimum Gasteiger partial charge on any atom is -0.484 e. The first-order valence-corrected chi connectivity index (χ1v) is 8.94. The van der Waals surface area contributed by atoms with Crippen molar-refractivity contribution in [3.05, 3.63) is 30.3 Å². The quantitative estimate of drug-likeness (QED) is 0.856. The SMILES string of the molecule is C[C@@H]1CCCC[C@H]1N1CCN(C(=O)COc2ccccc2)CC1. The molecule has 2 aliphatic rings. The lowest BCUT2D eigenvalue weighted by Gasteiger charge is -2.43. The molecule has 2 fully saturated rings. The van der Waals surface area contributed by atoms with Crippen LogP contribution in [0, 0.1) is 5.92 Å². The van der Waals surface area contributed by atoms with E-state index in [1.807, 2.05) is 35.2 Å². The van der Waals surface area contributed by atoms with Crippen LogP contribution in [-0.2, 0) is 4.79 Å². The van der Waals surface area contributed by atoms with Gasteiger partial charge in [0.05, 0.1) is 0 Å². The third-order valence-corrected chi connectivity index (χ3v) is 5.31. The highest BCUT2D eigenvalue weighted by atomic mass is 16.5. The summed E-state index contributed by atoms with van der Waals surface area (Å²) in [5, 5.41) is 0. The predicted octanol–water partition coefficient (Wildman–Crippen LogP) is 2.79. The fraction of sp³-hybridized carbons (Fsp3) is 0.632. The van der Waals surface area contributed by atoms with Gasteiger partial charge in [-0.05, 0) is 30.9 Å². The molecular formula is C19H28N2O2. The number of hydrogen-bond acceptors (Lipinski definition) is 3. The zero-order chi connectivity index (χ0) is 16.1.